The zero-order valence-corrected chi connectivity index (χ0v) is 13.5. The van der Waals surface area contributed by atoms with Crippen molar-refractivity contribution < 1.29 is 37.2 Å². The van der Waals surface area contributed by atoms with Crippen LogP contribution in [0.5, 0.6) is 0 Å². The highest BCUT2D eigenvalue weighted by molar-refractivity contribution is 6.66. The number of carbonyl (C=O) groups is 4. The highest BCUT2D eigenvalue weighted by atomic mass is 28.4. The van der Waals surface area contributed by atoms with Gasteiger partial charge < -0.3 is 18.0 Å². The maximum Gasteiger partial charge on any atom is 0.746 e. The van der Waals surface area contributed by atoms with E-state index < -0.39 is 38.9 Å². The lowest BCUT2D eigenvalue weighted by molar-refractivity contribution is -0.150. The van der Waals surface area contributed by atoms with E-state index in [0.717, 1.165) is 18.2 Å². The van der Waals surface area contributed by atoms with E-state index in [-0.39, 0.29) is 5.57 Å². The van der Waals surface area contributed by atoms with E-state index in [1.807, 2.05) is 0 Å². The number of hydrogen-bond donors (Lipinski definition) is 0. The van der Waals surface area contributed by atoms with Crippen LogP contribution in [0.4, 0.5) is 0 Å². The summed E-state index contributed by atoms with van der Waals surface area (Å²) in [5.74, 6) is -3.99. The van der Waals surface area contributed by atoms with Gasteiger partial charge >= 0.3 is 32.7 Å². The fraction of sp³-hybridized carbons (Fsp3) is 0.143. The van der Waals surface area contributed by atoms with E-state index in [1.165, 1.54) is 6.92 Å². The molecule has 0 bridgehead atoms. The summed E-state index contributed by atoms with van der Waals surface area (Å²) >= 11 is 0. The van der Waals surface area contributed by atoms with Crippen LogP contribution in [-0.2, 0) is 37.2 Å². The number of ether oxygens (including phenoxy) is 1. The molecule has 0 rings (SSSR count). The summed E-state index contributed by atoms with van der Waals surface area (Å²) in [6.07, 6.45) is 1.47. The molecule has 8 nitrogen and oxygen atoms in total. The first-order valence-electron chi connectivity index (χ1n) is 6.08. The Morgan fingerprint density at radius 2 is 1.22 bits per heavy atom. The molecule has 0 radical (unpaired) electrons. The molecule has 124 valence electrons. The Kier molecular flexibility index (Phi) is 7.98. The average molecular weight is 340 g/mol. The lowest BCUT2D eigenvalue weighted by Gasteiger charge is -2.25. The van der Waals surface area contributed by atoms with E-state index in [9.17, 15) is 19.2 Å². The van der Waals surface area contributed by atoms with Gasteiger partial charge in [0, 0.05) is 23.8 Å². The van der Waals surface area contributed by atoms with E-state index >= 15 is 0 Å². The van der Waals surface area contributed by atoms with Gasteiger partial charge in [-0.2, -0.15) is 0 Å². The van der Waals surface area contributed by atoms with Crippen LogP contribution in [0.1, 0.15) is 6.92 Å². The minimum Gasteiger partial charge on any atom is -0.454 e. The Bertz CT molecular complexity index is 508. The van der Waals surface area contributed by atoms with Crippen molar-refractivity contribution in [2.24, 2.45) is 0 Å². The topological polar surface area (TPSA) is 105 Å². The van der Waals surface area contributed by atoms with Gasteiger partial charge in [-0.25, -0.2) is 19.2 Å². The second kappa shape index (κ2) is 9.15. The summed E-state index contributed by atoms with van der Waals surface area (Å²) in [5, 5.41) is 0. The fourth-order valence-corrected chi connectivity index (χ4v) is 2.79. The minimum absolute atomic E-state index is 0.0352. The molecule has 9 heteroatoms. The second-order valence-electron chi connectivity index (χ2n) is 3.92. The number of carbonyl (C=O) groups excluding carboxylic acids is 4. The maximum absolute atomic E-state index is 11.5. The summed E-state index contributed by atoms with van der Waals surface area (Å²) < 4.78 is 19.4. The predicted octanol–water partition coefficient (Wildman–Crippen LogP) is 0.771. The molecule has 0 atom stereocenters. The zero-order chi connectivity index (χ0) is 18.0. The van der Waals surface area contributed by atoms with Crippen molar-refractivity contribution in [2.75, 3.05) is 6.23 Å². The van der Waals surface area contributed by atoms with Crippen LogP contribution in [0.15, 0.2) is 50.1 Å². The Morgan fingerprint density at radius 1 is 0.870 bits per heavy atom. The van der Waals surface area contributed by atoms with Gasteiger partial charge in [0.25, 0.3) is 0 Å². The van der Waals surface area contributed by atoms with Crippen LogP contribution in [0.25, 0.3) is 0 Å². The van der Waals surface area contributed by atoms with Gasteiger partial charge in [-0.1, -0.05) is 26.3 Å². The van der Waals surface area contributed by atoms with Gasteiger partial charge in [0.05, 0.1) is 0 Å². The molecule has 0 aromatic heterocycles. The monoisotopic (exact) mass is 340 g/mol. The molecule has 0 aliphatic heterocycles. The van der Waals surface area contributed by atoms with E-state index in [0.29, 0.717) is 0 Å². The smallest absolute Gasteiger partial charge is 0.454 e. The summed E-state index contributed by atoms with van der Waals surface area (Å²) in [4.78, 5) is 45.8. The normalized spacial score (nSPS) is 9.78. The van der Waals surface area contributed by atoms with Crippen molar-refractivity contribution >= 4 is 32.7 Å². The molecule has 0 saturated heterocycles. The third kappa shape index (κ3) is 7.04. The lowest BCUT2D eigenvalue weighted by Crippen LogP contribution is -2.54. The molecule has 0 spiro atoms. The first kappa shape index (κ1) is 20.1. The Hall–Kier alpha value is -2.94. The average Bonchev–Trinajstić information content (AvgIpc) is 2.51. The molecule has 0 saturated carbocycles. The Labute approximate surface area is 134 Å². The van der Waals surface area contributed by atoms with E-state index in [2.05, 4.69) is 26.3 Å². The van der Waals surface area contributed by atoms with Gasteiger partial charge in [-0.15, -0.1) is 0 Å². The molecule has 0 heterocycles. The van der Waals surface area contributed by atoms with Crippen LogP contribution in [-0.4, -0.2) is 38.9 Å². The highest BCUT2D eigenvalue weighted by Crippen LogP contribution is 2.14. The van der Waals surface area contributed by atoms with Gasteiger partial charge in [0.2, 0.25) is 0 Å². The zero-order valence-electron chi connectivity index (χ0n) is 12.5. The summed E-state index contributed by atoms with van der Waals surface area (Å²) in [6.45, 7) is 14.2. The van der Waals surface area contributed by atoms with Crippen molar-refractivity contribution in [1.82, 2.24) is 0 Å². The maximum atomic E-state index is 11.5. The van der Waals surface area contributed by atoms with E-state index in [1.54, 1.807) is 0 Å². The first-order valence-corrected chi connectivity index (χ1v) is 8.01. The van der Waals surface area contributed by atoms with Gasteiger partial charge in [0.1, 0.15) is 0 Å². The van der Waals surface area contributed by atoms with Crippen LogP contribution >= 0.6 is 0 Å². The van der Waals surface area contributed by atoms with Gasteiger partial charge in [-0.3, -0.25) is 0 Å². The standard InChI is InChI=1S/C14H16O8Si/c1-6-11(15)20-23(21-12(16)7-2,22-13(17)8-3)9-19-14(18)10(4)5/h6-8H,1-4,9H2,5H3. The number of esters is 1. The Balaban J connectivity index is 5.57. The van der Waals surface area contributed by atoms with Crippen molar-refractivity contribution in [2.45, 2.75) is 6.92 Å². The largest absolute Gasteiger partial charge is 0.746 e. The summed E-state index contributed by atoms with van der Waals surface area (Å²) in [5.41, 5.74) is 0.0352. The van der Waals surface area contributed by atoms with Crippen LogP contribution < -0.4 is 0 Å². The molecule has 0 unspecified atom stereocenters. The third-order valence-electron chi connectivity index (χ3n) is 2.00. The Morgan fingerprint density at radius 3 is 1.48 bits per heavy atom. The molecule has 0 aliphatic rings. The molecular formula is C14H16O8Si. The van der Waals surface area contributed by atoms with Crippen molar-refractivity contribution in [1.29, 1.82) is 0 Å². The van der Waals surface area contributed by atoms with E-state index in [4.69, 9.17) is 18.0 Å². The molecule has 23 heavy (non-hydrogen) atoms. The van der Waals surface area contributed by atoms with Crippen LogP contribution in [0.3, 0.4) is 0 Å². The fourth-order valence-electron chi connectivity index (χ4n) is 1.01. The molecule has 0 aromatic carbocycles. The molecule has 0 aromatic rings. The molecule has 0 fully saturated rings. The van der Waals surface area contributed by atoms with Crippen molar-refractivity contribution in [3.8, 4) is 0 Å². The third-order valence-corrected chi connectivity index (χ3v) is 4.03. The SMILES string of the molecule is C=CC(=O)O[Si](COC(=O)C(=C)C)(OC(=O)C=C)OC(=O)C=C. The highest BCUT2D eigenvalue weighted by Gasteiger charge is 2.54. The van der Waals surface area contributed by atoms with Crippen LogP contribution in [0, 0.1) is 0 Å². The van der Waals surface area contributed by atoms with Crippen LogP contribution in [0.2, 0.25) is 0 Å². The molecule has 0 N–H and O–H groups in total. The van der Waals surface area contributed by atoms with Crippen molar-refractivity contribution in [3.05, 3.63) is 50.1 Å². The van der Waals surface area contributed by atoms with Crippen molar-refractivity contribution in [3.63, 3.8) is 0 Å². The number of rotatable bonds is 9. The second-order valence-corrected chi connectivity index (χ2v) is 6.18. The summed E-state index contributed by atoms with van der Waals surface area (Å²) in [6, 6.07) is 0. The first-order chi connectivity index (χ1) is 10.7. The molecule has 0 aliphatic carbocycles. The van der Waals surface area contributed by atoms with Gasteiger partial charge in [-0.05, 0) is 6.92 Å². The van der Waals surface area contributed by atoms with Gasteiger partial charge in [0.15, 0.2) is 6.23 Å². The minimum atomic E-state index is -4.40. The predicted molar refractivity (Wildman–Crippen MR) is 80.4 cm³/mol. The molecular weight excluding hydrogens is 324 g/mol. The summed E-state index contributed by atoms with van der Waals surface area (Å²) in [7, 11) is -4.40. The number of hydrogen-bond acceptors (Lipinski definition) is 8. The quantitative estimate of drug-likeness (QED) is 0.344. The lowest BCUT2D eigenvalue weighted by atomic mass is 10.4. The molecule has 0 amide bonds.